The van der Waals surface area contributed by atoms with E-state index in [4.69, 9.17) is 14.2 Å². The van der Waals surface area contributed by atoms with Gasteiger partial charge in [-0.2, -0.15) is 0 Å². The van der Waals surface area contributed by atoms with Crippen molar-refractivity contribution in [2.75, 3.05) is 0 Å². The van der Waals surface area contributed by atoms with Crippen molar-refractivity contribution in [1.82, 2.24) is 0 Å². The maximum Gasteiger partial charge on any atom is 0.305 e. The molecule has 0 spiro atoms. The molecule has 1 rings (SSSR count). The zero-order valence-electron chi connectivity index (χ0n) is 11.7. The van der Waals surface area contributed by atoms with Gasteiger partial charge < -0.3 is 14.2 Å². The molecular weight excluding hydrogens is 236 g/mol. The van der Waals surface area contributed by atoms with E-state index < -0.39 is 29.9 Å². The summed E-state index contributed by atoms with van der Waals surface area (Å²) in [5, 5.41) is 0. The number of rotatable bonds is 4. The van der Waals surface area contributed by atoms with Crippen molar-refractivity contribution in [1.29, 1.82) is 0 Å². The summed E-state index contributed by atoms with van der Waals surface area (Å²) in [5.74, 6) is -0.844. The number of esters is 2. The standard InChI is InChI=1S/C13H22O5/c1-6-13(7-2)8(3)11(16-9(4)14)12(18-13)17-10(5)15/h8,11-12H,6-7H2,1-5H3/t8-,11-,12?/m1/s1. The highest BCUT2D eigenvalue weighted by molar-refractivity contribution is 5.67. The largest absolute Gasteiger partial charge is 0.455 e. The smallest absolute Gasteiger partial charge is 0.305 e. The van der Waals surface area contributed by atoms with Crippen LogP contribution in [0, 0.1) is 5.92 Å². The van der Waals surface area contributed by atoms with Gasteiger partial charge in [0.05, 0.1) is 5.60 Å². The molecule has 0 aliphatic carbocycles. The van der Waals surface area contributed by atoms with Gasteiger partial charge in [-0.25, -0.2) is 0 Å². The fraction of sp³-hybridized carbons (Fsp3) is 0.846. The molecule has 1 unspecified atom stereocenters. The molecule has 1 heterocycles. The van der Waals surface area contributed by atoms with Gasteiger partial charge in [-0.3, -0.25) is 9.59 Å². The summed E-state index contributed by atoms with van der Waals surface area (Å²) in [5.41, 5.74) is -0.403. The topological polar surface area (TPSA) is 61.8 Å². The molecule has 5 nitrogen and oxygen atoms in total. The van der Waals surface area contributed by atoms with E-state index in [0.717, 1.165) is 12.8 Å². The molecule has 0 N–H and O–H groups in total. The van der Waals surface area contributed by atoms with Crippen LogP contribution >= 0.6 is 0 Å². The van der Waals surface area contributed by atoms with Crippen molar-refractivity contribution in [3.8, 4) is 0 Å². The molecule has 0 aromatic rings. The highest BCUT2D eigenvalue weighted by Crippen LogP contribution is 2.43. The second-order valence-electron chi connectivity index (χ2n) is 4.73. The number of carbonyl (C=O) groups is 2. The van der Waals surface area contributed by atoms with E-state index in [9.17, 15) is 9.59 Å². The Morgan fingerprint density at radius 3 is 2.00 bits per heavy atom. The lowest BCUT2D eigenvalue weighted by atomic mass is 9.83. The summed E-state index contributed by atoms with van der Waals surface area (Å²) in [6.07, 6.45) is 0.216. The van der Waals surface area contributed by atoms with Crippen molar-refractivity contribution in [2.24, 2.45) is 5.92 Å². The van der Waals surface area contributed by atoms with Crippen LogP contribution in [0.25, 0.3) is 0 Å². The molecule has 0 amide bonds. The van der Waals surface area contributed by atoms with Crippen molar-refractivity contribution in [3.63, 3.8) is 0 Å². The maximum atomic E-state index is 11.1. The Hall–Kier alpha value is -1.10. The molecular formula is C13H22O5. The van der Waals surface area contributed by atoms with Gasteiger partial charge in [-0.15, -0.1) is 0 Å². The predicted octanol–water partition coefficient (Wildman–Crippen LogP) is 2.03. The summed E-state index contributed by atoms with van der Waals surface area (Å²) >= 11 is 0. The Morgan fingerprint density at radius 1 is 1.11 bits per heavy atom. The summed E-state index contributed by atoms with van der Waals surface area (Å²) in [4.78, 5) is 22.2. The summed E-state index contributed by atoms with van der Waals surface area (Å²) < 4.78 is 16.2. The Bertz CT molecular complexity index is 321. The van der Waals surface area contributed by atoms with Crippen molar-refractivity contribution >= 4 is 11.9 Å². The third kappa shape index (κ3) is 2.83. The van der Waals surface area contributed by atoms with Crippen LogP contribution in [0.5, 0.6) is 0 Å². The molecule has 1 fully saturated rings. The van der Waals surface area contributed by atoms with Gasteiger partial charge >= 0.3 is 11.9 Å². The van der Waals surface area contributed by atoms with Crippen LogP contribution in [0.4, 0.5) is 0 Å². The number of carbonyl (C=O) groups excluding carboxylic acids is 2. The molecule has 1 saturated heterocycles. The maximum absolute atomic E-state index is 11.1. The molecule has 18 heavy (non-hydrogen) atoms. The molecule has 104 valence electrons. The number of hydrogen-bond acceptors (Lipinski definition) is 5. The normalized spacial score (nSPS) is 29.9. The third-order valence-corrected chi connectivity index (χ3v) is 3.72. The monoisotopic (exact) mass is 258 g/mol. The average Bonchev–Trinajstić information content (AvgIpc) is 2.53. The fourth-order valence-corrected chi connectivity index (χ4v) is 2.61. The van der Waals surface area contributed by atoms with Gasteiger partial charge in [0.1, 0.15) is 0 Å². The van der Waals surface area contributed by atoms with Crippen LogP contribution in [-0.4, -0.2) is 29.9 Å². The number of ether oxygens (including phenoxy) is 3. The van der Waals surface area contributed by atoms with E-state index >= 15 is 0 Å². The molecule has 5 heteroatoms. The zero-order valence-corrected chi connectivity index (χ0v) is 11.7. The molecule has 1 aliphatic rings. The quantitative estimate of drug-likeness (QED) is 0.722. The van der Waals surface area contributed by atoms with Crippen LogP contribution < -0.4 is 0 Å². The summed E-state index contributed by atoms with van der Waals surface area (Å²) in [7, 11) is 0. The van der Waals surface area contributed by atoms with Gasteiger partial charge in [-0.1, -0.05) is 20.8 Å². The average molecular weight is 258 g/mol. The van der Waals surface area contributed by atoms with E-state index in [1.165, 1.54) is 13.8 Å². The summed E-state index contributed by atoms with van der Waals surface area (Å²) in [6, 6.07) is 0. The SMILES string of the molecule is CCC1(CC)OC(OC(C)=O)[C@H](OC(C)=O)[C@H]1C. The van der Waals surface area contributed by atoms with E-state index in [0.29, 0.717) is 0 Å². The highest BCUT2D eigenvalue weighted by atomic mass is 16.7. The Labute approximate surface area is 108 Å². The first-order valence-corrected chi connectivity index (χ1v) is 6.38. The fourth-order valence-electron chi connectivity index (χ4n) is 2.61. The first kappa shape index (κ1) is 15.0. The van der Waals surface area contributed by atoms with Gasteiger partial charge in [0.15, 0.2) is 6.10 Å². The molecule has 3 atom stereocenters. The lowest BCUT2D eigenvalue weighted by molar-refractivity contribution is -0.205. The minimum absolute atomic E-state index is 0.0132. The second-order valence-corrected chi connectivity index (χ2v) is 4.73. The minimum Gasteiger partial charge on any atom is -0.455 e. The third-order valence-electron chi connectivity index (χ3n) is 3.72. The molecule has 0 aromatic heterocycles. The lowest BCUT2D eigenvalue weighted by Crippen LogP contribution is -2.37. The Morgan fingerprint density at radius 2 is 1.61 bits per heavy atom. The first-order chi connectivity index (χ1) is 8.36. The van der Waals surface area contributed by atoms with Crippen LogP contribution in [0.2, 0.25) is 0 Å². The summed E-state index contributed by atoms with van der Waals surface area (Å²) in [6.45, 7) is 8.65. The van der Waals surface area contributed by atoms with E-state index in [1.54, 1.807) is 0 Å². The highest BCUT2D eigenvalue weighted by Gasteiger charge is 2.53. The van der Waals surface area contributed by atoms with E-state index in [-0.39, 0.29) is 5.92 Å². The minimum atomic E-state index is -0.804. The van der Waals surface area contributed by atoms with Crippen molar-refractivity contribution < 1.29 is 23.8 Å². The molecule has 1 aliphatic heterocycles. The van der Waals surface area contributed by atoms with Gasteiger partial charge in [0.25, 0.3) is 0 Å². The zero-order chi connectivity index (χ0) is 13.9. The van der Waals surface area contributed by atoms with E-state index in [1.807, 2.05) is 20.8 Å². The number of hydrogen-bond donors (Lipinski definition) is 0. The van der Waals surface area contributed by atoms with Crippen LogP contribution in [0.15, 0.2) is 0 Å². The molecule has 0 saturated carbocycles. The first-order valence-electron chi connectivity index (χ1n) is 6.38. The van der Waals surface area contributed by atoms with Gasteiger partial charge in [0, 0.05) is 19.8 Å². The molecule has 0 aromatic carbocycles. The Balaban J connectivity index is 2.94. The van der Waals surface area contributed by atoms with Crippen molar-refractivity contribution in [3.05, 3.63) is 0 Å². The van der Waals surface area contributed by atoms with Crippen LogP contribution in [-0.2, 0) is 23.8 Å². The molecule has 0 radical (unpaired) electrons. The Kier molecular flexibility index (Phi) is 4.73. The van der Waals surface area contributed by atoms with Gasteiger partial charge in [-0.05, 0) is 12.8 Å². The van der Waals surface area contributed by atoms with E-state index in [2.05, 4.69) is 0 Å². The van der Waals surface area contributed by atoms with Gasteiger partial charge in [0.2, 0.25) is 6.29 Å². The van der Waals surface area contributed by atoms with Crippen LogP contribution in [0.1, 0.15) is 47.5 Å². The second kappa shape index (κ2) is 5.69. The van der Waals surface area contributed by atoms with Crippen molar-refractivity contribution in [2.45, 2.75) is 65.5 Å². The van der Waals surface area contributed by atoms with Crippen LogP contribution in [0.3, 0.4) is 0 Å². The lowest BCUT2D eigenvalue weighted by Gasteiger charge is -2.30. The predicted molar refractivity (Wildman–Crippen MR) is 64.7 cm³/mol. The molecule has 0 bridgehead atoms.